The van der Waals surface area contributed by atoms with Crippen molar-refractivity contribution in [1.29, 1.82) is 0 Å². The van der Waals surface area contributed by atoms with E-state index < -0.39 is 7.26 Å². The van der Waals surface area contributed by atoms with E-state index in [1.807, 2.05) is 22.7 Å². The van der Waals surface area contributed by atoms with Crippen LogP contribution in [0.5, 0.6) is 17.2 Å². The Morgan fingerprint density at radius 2 is 1.30 bits per heavy atom. The van der Waals surface area contributed by atoms with Crippen LogP contribution < -0.4 is 30.1 Å². The highest BCUT2D eigenvalue weighted by Crippen LogP contribution is 2.66. The highest BCUT2D eigenvalue weighted by atomic mass is 32.1. The number of ether oxygens (including phenoxy) is 3. The minimum absolute atomic E-state index is 0.634. The number of hydrogen-bond donors (Lipinski definition) is 0. The Morgan fingerprint density at radius 3 is 1.80 bits per heavy atom. The third-order valence-corrected chi connectivity index (χ3v) is 12.4. The van der Waals surface area contributed by atoms with Gasteiger partial charge in [-0.2, -0.15) is 0 Å². The maximum atomic E-state index is 5.64. The van der Waals surface area contributed by atoms with Gasteiger partial charge in [-0.25, -0.2) is 0 Å². The van der Waals surface area contributed by atoms with Crippen LogP contribution in [0, 0.1) is 0 Å². The minimum atomic E-state index is -1.82. The molecule has 3 nitrogen and oxygen atoms in total. The molecule has 0 bridgehead atoms. The summed E-state index contributed by atoms with van der Waals surface area (Å²) in [7, 11) is 3.17. The van der Waals surface area contributed by atoms with Crippen LogP contribution >= 0.6 is 29.9 Å². The smallest absolute Gasteiger partial charge is 0.203 e. The lowest BCUT2D eigenvalue weighted by Crippen LogP contribution is -2.28. The lowest BCUT2D eigenvalue weighted by molar-refractivity contribution is 0.324. The topological polar surface area (TPSA) is 27.7 Å². The molecule has 0 amide bonds. The minimum Gasteiger partial charge on any atom is -0.493 e. The molecule has 5 rings (SSSR count). The van der Waals surface area contributed by atoms with Crippen molar-refractivity contribution in [1.82, 2.24) is 0 Å². The lowest BCUT2D eigenvalue weighted by Gasteiger charge is -2.24. The van der Waals surface area contributed by atoms with Crippen molar-refractivity contribution >= 4 is 45.8 Å². The fourth-order valence-corrected chi connectivity index (χ4v) is 12.1. The number of rotatable bonds is 6. The van der Waals surface area contributed by atoms with E-state index in [0.717, 1.165) is 6.16 Å². The normalized spacial score (nSPS) is 13.6. The van der Waals surface area contributed by atoms with Gasteiger partial charge in [-0.3, -0.25) is 0 Å². The van der Waals surface area contributed by atoms with Crippen LogP contribution in [-0.4, -0.2) is 21.3 Å². The summed E-state index contributed by atoms with van der Waals surface area (Å²) in [6.45, 7) is 0. The molecule has 1 aliphatic heterocycles. The quantitative estimate of drug-likeness (QED) is 0.370. The molecule has 2 aromatic heterocycles. The zero-order valence-electron chi connectivity index (χ0n) is 17.0. The van der Waals surface area contributed by atoms with Crippen LogP contribution in [-0.2, 0) is 6.16 Å². The molecule has 0 fully saturated rings. The first-order chi connectivity index (χ1) is 14.7. The molecule has 2 aromatic carbocycles. The third-order valence-electron chi connectivity index (χ3n) is 5.66. The molecule has 30 heavy (non-hydrogen) atoms. The summed E-state index contributed by atoms with van der Waals surface area (Å²) in [5.41, 5.74) is 1.19. The molecule has 3 heterocycles. The van der Waals surface area contributed by atoms with E-state index >= 15 is 0 Å². The Labute approximate surface area is 185 Å². The number of hydrogen-bond acceptors (Lipinski definition) is 5. The second kappa shape index (κ2) is 7.73. The van der Waals surface area contributed by atoms with Crippen molar-refractivity contribution in [3.63, 3.8) is 0 Å². The first-order valence-electron chi connectivity index (χ1n) is 9.62. The summed E-state index contributed by atoms with van der Waals surface area (Å²) in [5, 5.41) is 8.87. The van der Waals surface area contributed by atoms with Crippen molar-refractivity contribution in [2.45, 2.75) is 6.16 Å². The van der Waals surface area contributed by atoms with Crippen molar-refractivity contribution < 1.29 is 14.2 Å². The van der Waals surface area contributed by atoms with Crippen LogP contribution in [0.2, 0.25) is 0 Å². The van der Waals surface area contributed by atoms with Crippen LogP contribution in [0.15, 0.2) is 65.4 Å². The molecular weight excluding hydrogens is 431 g/mol. The van der Waals surface area contributed by atoms with Gasteiger partial charge in [0.15, 0.2) is 11.5 Å². The SMILES string of the molecule is COc1cc(C[P+]2(c3ccccc3)c3ccsc3-c3sccc32)cc(OC)c1OC. The van der Waals surface area contributed by atoms with E-state index in [1.165, 1.54) is 31.2 Å². The van der Waals surface area contributed by atoms with Crippen LogP contribution in [0.3, 0.4) is 0 Å². The van der Waals surface area contributed by atoms with Crippen LogP contribution in [0.4, 0.5) is 0 Å². The monoisotopic (exact) mass is 453 g/mol. The number of fused-ring (bicyclic) bond motifs is 3. The number of thiophene rings is 2. The fraction of sp³-hybridized carbons (Fsp3) is 0.167. The Kier molecular flexibility index (Phi) is 5.06. The molecule has 1 aliphatic rings. The second-order valence-corrected chi connectivity index (χ2v) is 12.4. The number of methoxy groups -OCH3 is 3. The maximum Gasteiger partial charge on any atom is 0.203 e. The van der Waals surface area contributed by atoms with Gasteiger partial charge in [-0.05, 0) is 52.7 Å². The zero-order chi connectivity index (χ0) is 20.7. The van der Waals surface area contributed by atoms with Gasteiger partial charge in [0.1, 0.15) is 23.2 Å². The van der Waals surface area contributed by atoms with Gasteiger partial charge in [-0.1, -0.05) is 18.2 Å². The molecule has 0 saturated carbocycles. The summed E-state index contributed by atoms with van der Waals surface area (Å²) in [5.74, 6) is 2.04. The van der Waals surface area contributed by atoms with Gasteiger partial charge < -0.3 is 14.2 Å². The summed E-state index contributed by atoms with van der Waals surface area (Å²) >= 11 is 3.71. The predicted octanol–water partition coefficient (Wildman–Crippen LogP) is 5.31. The Hall–Kier alpha value is -2.33. The van der Waals surface area contributed by atoms with Gasteiger partial charge in [0.05, 0.1) is 37.2 Å². The van der Waals surface area contributed by atoms with Gasteiger partial charge >= 0.3 is 0 Å². The fourth-order valence-electron chi connectivity index (χ4n) is 4.40. The van der Waals surface area contributed by atoms with E-state index in [0.29, 0.717) is 17.2 Å². The van der Waals surface area contributed by atoms with Gasteiger partial charge in [0.25, 0.3) is 0 Å². The lowest BCUT2D eigenvalue weighted by atomic mass is 10.2. The molecule has 0 atom stereocenters. The number of benzene rings is 2. The van der Waals surface area contributed by atoms with Gasteiger partial charge in [-0.15, -0.1) is 22.7 Å². The largest absolute Gasteiger partial charge is 0.493 e. The molecule has 152 valence electrons. The van der Waals surface area contributed by atoms with Crippen molar-refractivity contribution in [3.8, 4) is 27.0 Å². The molecule has 0 N–H and O–H groups in total. The molecule has 4 aromatic rings. The van der Waals surface area contributed by atoms with E-state index in [9.17, 15) is 0 Å². The standard InChI is InChI=1S/C24H22O3PS2/c1-25-18-13-16(14-19(26-2)22(18)27-3)15-28(17-7-5-4-6-8-17)20-9-11-29-23(20)24-21(28)10-12-30-24/h4-14H,15H2,1-3H3/q+1. The maximum absolute atomic E-state index is 5.64. The molecule has 0 spiro atoms. The predicted molar refractivity (Wildman–Crippen MR) is 130 cm³/mol. The second-order valence-electron chi connectivity index (χ2n) is 7.11. The Balaban J connectivity index is 1.75. The zero-order valence-corrected chi connectivity index (χ0v) is 19.6. The van der Waals surface area contributed by atoms with E-state index in [-0.39, 0.29) is 0 Å². The molecule has 0 saturated heterocycles. The van der Waals surface area contributed by atoms with Crippen molar-refractivity contribution in [2.24, 2.45) is 0 Å². The summed E-state index contributed by atoms with van der Waals surface area (Å²) < 4.78 is 16.8. The average Bonchev–Trinajstić information content (AvgIpc) is 3.50. The summed E-state index contributed by atoms with van der Waals surface area (Å²) in [4.78, 5) is 2.87. The van der Waals surface area contributed by atoms with E-state index in [4.69, 9.17) is 14.2 Å². The first-order valence-corrected chi connectivity index (χ1v) is 13.4. The molecule has 0 unspecified atom stereocenters. The molecule has 0 radical (unpaired) electrons. The highest BCUT2D eigenvalue weighted by Gasteiger charge is 2.54. The molecule has 6 heteroatoms. The van der Waals surface area contributed by atoms with Gasteiger partial charge in [0, 0.05) is 0 Å². The highest BCUT2D eigenvalue weighted by molar-refractivity contribution is 7.96. The van der Waals surface area contributed by atoms with E-state index in [1.54, 1.807) is 21.3 Å². The van der Waals surface area contributed by atoms with Crippen molar-refractivity contribution in [2.75, 3.05) is 21.3 Å². The van der Waals surface area contributed by atoms with Gasteiger partial charge in [0.2, 0.25) is 5.75 Å². The van der Waals surface area contributed by atoms with Crippen LogP contribution in [0.25, 0.3) is 9.75 Å². The summed E-state index contributed by atoms with van der Waals surface area (Å²) in [6.07, 6.45) is 0.918. The van der Waals surface area contributed by atoms with Crippen LogP contribution in [0.1, 0.15) is 5.56 Å². The average molecular weight is 454 g/mol. The third kappa shape index (κ3) is 2.80. The Morgan fingerprint density at radius 1 is 0.733 bits per heavy atom. The molecular formula is C24H22O3PS2+. The summed E-state index contributed by atoms with van der Waals surface area (Å²) in [6, 6.07) is 19.9. The molecule has 0 aliphatic carbocycles. The van der Waals surface area contributed by atoms with E-state index in [2.05, 4.69) is 65.4 Å². The first kappa shape index (κ1) is 19.6. The van der Waals surface area contributed by atoms with Crippen molar-refractivity contribution in [3.05, 3.63) is 70.9 Å². The Bertz CT molecular complexity index is 1130.